The molecule has 0 bridgehead atoms. The fourth-order valence-corrected chi connectivity index (χ4v) is 3.51. The van der Waals surface area contributed by atoms with Gasteiger partial charge in [-0.15, -0.1) is 22.7 Å². The summed E-state index contributed by atoms with van der Waals surface area (Å²) < 4.78 is 0.997. The van der Waals surface area contributed by atoms with Crippen molar-refractivity contribution in [1.82, 2.24) is 4.98 Å². The Hall–Kier alpha value is -2.03. The van der Waals surface area contributed by atoms with Crippen molar-refractivity contribution in [2.45, 2.75) is 5.92 Å². The fraction of sp³-hybridized carbons (Fsp3) is 0.0714. The summed E-state index contributed by atoms with van der Waals surface area (Å²) in [5.74, 6) is -0.979. The van der Waals surface area contributed by atoms with E-state index in [0.29, 0.717) is 9.88 Å². The molecule has 5 heteroatoms. The number of ketones is 1. The number of nitrogens with zero attached hydrogens (tertiary/aromatic N) is 2. The maximum atomic E-state index is 12.3. The average molecular weight is 284 g/mol. The van der Waals surface area contributed by atoms with Gasteiger partial charge >= 0.3 is 0 Å². The molecular formula is C14H8N2OS2. The van der Waals surface area contributed by atoms with E-state index in [1.807, 2.05) is 35.7 Å². The van der Waals surface area contributed by atoms with Gasteiger partial charge in [-0.25, -0.2) is 4.98 Å². The minimum atomic E-state index is -0.809. The molecule has 1 atom stereocenters. The lowest BCUT2D eigenvalue weighted by Gasteiger charge is -2.01. The van der Waals surface area contributed by atoms with Crippen LogP contribution < -0.4 is 0 Å². The summed E-state index contributed by atoms with van der Waals surface area (Å²) in [7, 11) is 0. The Balaban J connectivity index is 2.03. The number of para-hydroxylation sites is 1. The number of rotatable bonds is 3. The quantitative estimate of drug-likeness (QED) is 0.686. The van der Waals surface area contributed by atoms with Crippen molar-refractivity contribution in [3.63, 3.8) is 0 Å². The van der Waals surface area contributed by atoms with Gasteiger partial charge in [-0.2, -0.15) is 5.26 Å². The SMILES string of the molecule is N#C[C@H](C(=O)c1cccs1)c1nc2ccccc2s1. The molecule has 92 valence electrons. The Labute approximate surface area is 117 Å². The third-order valence-electron chi connectivity index (χ3n) is 2.71. The van der Waals surface area contributed by atoms with Gasteiger partial charge in [0.1, 0.15) is 5.01 Å². The van der Waals surface area contributed by atoms with E-state index in [1.54, 1.807) is 6.07 Å². The number of hydrogen-bond acceptors (Lipinski definition) is 5. The van der Waals surface area contributed by atoms with Crippen LogP contribution in [0.4, 0.5) is 0 Å². The zero-order chi connectivity index (χ0) is 13.2. The van der Waals surface area contributed by atoms with Gasteiger partial charge in [0.15, 0.2) is 11.7 Å². The number of fused-ring (bicyclic) bond motifs is 1. The number of aromatic nitrogens is 1. The zero-order valence-corrected chi connectivity index (χ0v) is 11.4. The van der Waals surface area contributed by atoms with Crippen LogP contribution in [0.2, 0.25) is 0 Å². The van der Waals surface area contributed by atoms with Crippen LogP contribution in [-0.2, 0) is 0 Å². The average Bonchev–Trinajstić information content (AvgIpc) is 3.08. The molecule has 0 saturated carbocycles. The zero-order valence-electron chi connectivity index (χ0n) is 9.74. The van der Waals surface area contributed by atoms with Crippen molar-refractivity contribution in [1.29, 1.82) is 5.26 Å². The number of nitriles is 1. The first-order chi connectivity index (χ1) is 9.29. The first-order valence-corrected chi connectivity index (χ1v) is 7.32. The Kier molecular flexibility index (Phi) is 3.11. The summed E-state index contributed by atoms with van der Waals surface area (Å²) >= 11 is 2.76. The predicted octanol–water partition coefficient (Wildman–Crippen LogP) is 3.85. The maximum absolute atomic E-state index is 12.3. The molecule has 3 rings (SSSR count). The lowest BCUT2D eigenvalue weighted by Crippen LogP contribution is -2.09. The monoisotopic (exact) mass is 284 g/mol. The van der Waals surface area contributed by atoms with E-state index < -0.39 is 5.92 Å². The van der Waals surface area contributed by atoms with Gasteiger partial charge in [-0.3, -0.25) is 4.79 Å². The van der Waals surface area contributed by atoms with Crippen LogP contribution in [0.15, 0.2) is 41.8 Å². The largest absolute Gasteiger partial charge is 0.291 e. The van der Waals surface area contributed by atoms with Crippen LogP contribution in [0.3, 0.4) is 0 Å². The highest BCUT2D eigenvalue weighted by molar-refractivity contribution is 7.19. The number of benzene rings is 1. The van der Waals surface area contributed by atoms with Gasteiger partial charge in [0.2, 0.25) is 0 Å². The summed E-state index contributed by atoms with van der Waals surface area (Å²) in [6.45, 7) is 0. The molecule has 0 aliphatic heterocycles. The van der Waals surface area contributed by atoms with Gasteiger partial charge < -0.3 is 0 Å². The third kappa shape index (κ3) is 2.16. The van der Waals surface area contributed by atoms with E-state index in [2.05, 4.69) is 11.1 Å². The highest BCUT2D eigenvalue weighted by atomic mass is 32.1. The summed E-state index contributed by atoms with van der Waals surface area (Å²) in [6, 6.07) is 13.3. The topological polar surface area (TPSA) is 53.8 Å². The van der Waals surface area contributed by atoms with E-state index in [9.17, 15) is 10.1 Å². The van der Waals surface area contributed by atoms with E-state index in [-0.39, 0.29) is 5.78 Å². The number of carbonyl (C=O) groups is 1. The van der Waals surface area contributed by atoms with Crippen LogP contribution in [0.1, 0.15) is 20.6 Å². The highest BCUT2D eigenvalue weighted by Crippen LogP contribution is 2.30. The molecule has 0 aliphatic carbocycles. The first-order valence-electron chi connectivity index (χ1n) is 5.62. The molecule has 0 amide bonds. The van der Waals surface area contributed by atoms with Crippen LogP contribution >= 0.6 is 22.7 Å². The number of thiazole rings is 1. The molecule has 0 saturated heterocycles. The second-order valence-electron chi connectivity index (χ2n) is 3.92. The molecule has 2 aromatic heterocycles. The van der Waals surface area contributed by atoms with Crippen LogP contribution in [0.5, 0.6) is 0 Å². The van der Waals surface area contributed by atoms with Gasteiger partial charge in [-0.1, -0.05) is 18.2 Å². The van der Waals surface area contributed by atoms with E-state index in [1.165, 1.54) is 22.7 Å². The number of hydrogen-bond donors (Lipinski definition) is 0. The van der Waals surface area contributed by atoms with Gasteiger partial charge in [-0.05, 0) is 23.6 Å². The van der Waals surface area contributed by atoms with Crippen molar-refractivity contribution >= 4 is 38.7 Å². The van der Waals surface area contributed by atoms with Crippen LogP contribution in [-0.4, -0.2) is 10.8 Å². The summed E-state index contributed by atoms with van der Waals surface area (Å²) in [5, 5.41) is 11.7. The Morgan fingerprint density at radius 1 is 1.26 bits per heavy atom. The minimum absolute atomic E-state index is 0.170. The van der Waals surface area contributed by atoms with E-state index in [4.69, 9.17) is 0 Å². The van der Waals surface area contributed by atoms with Crippen molar-refractivity contribution in [2.75, 3.05) is 0 Å². The predicted molar refractivity (Wildman–Crippen MR) is 76.6 cm³/mol. The van der Waals surface area contributed by atoms with Crippen LogP contribution in [0.25, 0.3) is 10.2 Å². The number of thiophene rings is 1. The van der Waals surface area contributed by atoms with Gasteiger partial charge in [0.25, 0.3) is 0 Å². The molecule has 3 nitrogen and oxygen atoms in total. The molecule has 0 fully saturated rings. The standard InChI is InChI=1S/C14H8N2OS2/c15-8-9(13(17)12-6-3-7-18-12)14-16-10-4-1-2-5-11(10)19-14/h1-7,9H/t9-/m1/s1. The molecule has 0 aliphatic rings. The summed E-state index contributed by atoms with van der Waals surface area (Å²) in [5.41, 5.74) is 0.835. The van der Waals surface area contributed by atoms with Crippen molar-refractivity contribution in [2.24, 2.45) is 0 Å². The normalized spacial score (nSPS) is 12.2. The lowest BCUT2D eigenvalue weighted by atomic mass is 10.1. The molecule has 0 unspecified atom stereocenters. The Bertz CT molecular complexity index is 735. The molecule has 0 radical (unpaired) electrons. The number of Topliss-reactive ketones (excluding diaryl/α,β-unsaturated/α-hetero) is 1. The molecule has 1 aromatic carbocycles. The van der Waals surface area contributed by atoms with Crippen molar-refractivity contribution in [3.8, 4) is 6.07 Å². The molecule has 2 heterocycles. The smallest absolute Gasteiger partial charge is 0.196 e. The maximum Gasteiger partial charge on any atom is 0.196 e. The Morgan fingerprint density at radius 2 is 2.11 bits per heavy atom. The summed E-state index contributed by atoms with van der Waals surface area (Å²) in [4.78, 5) is 17.3. The second kappa shape index (κ2) is 4.92. The lowest BCUT2D eigenvalue weighted by molar-refractivity contribution is 0.0983. The van der Waals surface area contributed by atoms with Crippen molar-refractivity contribution in [3.05, 3.63) is 51.7 Å². The van der Waals surface area contributed by atoms with Crippen molar-refractivity contribution < 1.29 is 4.79 Å². The highest BCUT2D eigenvalue weighted by Gasteiger charge is 2.25. The van der Waals surface area contributed by atoms with Crippen LogP contribution in [0, 0.1) is 11.3 Å². The fourth-order valence-electron chi connectivity index (χ4n) is 1.80. The minimum Gasteiger partial charge on any atom is -0.291 e. The Morgan fingerprint density at radius 3 is 2.79 bits per heavy atom. The van der Waals surface area contributed by atoms with Gasteiger partial charge in [0.05, 0.1) is 21.2 Å². The van der Waals surface area contributed by atoms with E-state index >= 15 is 0 Å². The molecule has 3 aromatic rings. The molecular weight excluding hydrogens is 276 g/mol. The third-order valence-corrected chi connectivity index (χ3v) is 4.70. The molecule has 0 N–H and O–H groups in total. The summed E-state index contributed by atoms with van der Waals surface area (Å²) in [6.07, 6.45) is 0. The van der Waals surface area contributed by atoms with E-state index in [0.717, 1.165) is 10.2 Å². The number of carbonyl (C=O) groups excluding carboxylic acids is 1. The van der Waals surface area contributed by atoms with Gasteiger partial charge in [0, 0.05) is 0 Å². The molecule has 0 spiro atoms. The first kappa shape index (κ1) is 12.0. The second-order valence-corrected chi connectivity index (χ2v) is 5.93. The molecule has 19 heavy (non-hydrogen) atoms.